The lowest BCUT2D eigenvalue weighted by Gasteiger charge is -2.38. The van der Waals surface area contributed by atoms with Gasteiger partial charge in [-0.25, -0.2) is 0 Å². The van der Waals surface area contributed by atoms with Crippen molar-refractivity contribution in [2.75, 3.05) is 45.9 Å². The predicted molar refractivity (Wildman–Crippen MR) is 75.1 cm³/mol. The highest BCUT2D eigenvalue weighted by molar-refractivity contribution is 5.76. The van der Waals surface area contributed by atoms with Crippen LogP contribution in [0.25, 0.3) is 0 Å². The van der Waals surface area contributed by atoms with E-state index < -0.39 is 0 Å². The summed E-state index contributed by atoms with van der Waals surface area (Å²) in [6.45, 7) is 10.5. The molecule has 2 rings (SSSR count). The Balaban J connectivity index is 1.88. The van der Waals surface area contributed by atoms with Gasteiger partial charge < -0.3 is 15.0 Å². The largest absolute Gasteiger partial charge is 0.378 e. The van der Waals surface area contributed by atoms with Crippen LogP contribution >= 0.6 is 0 Å². The van der Waals surface area contributed by atoms with Gasteiger partial charge in [0.15, 0.2) is 0 Å². The van der Waals surface area contributed by atoms with E-state index in [9.17, 15) is 4.79 Å². The third-order valence-corrected chi connectivity index (χ3v) is 4.04. The van der Waals surface area contributed by atoms with Crippen molar-refractivity contribution in [2.45, 2.75) is 38.8 Å². The predicted octanol–water partition coefficient (Wildman–Crippen LogP) is 0.308. The normalized spacial score (nSPS) is 26.5. The van der Waals surface area contributed by atoms with Crippen LogP contribution in [-0.4, -0.2) is 73.7 Å². The van der Waals surface area contributed by atoms with Gasteiger partial charge in [-0.1, -0.05) is 0 Å². The van der Waals surface area contributed by atoms with Crippen LogP contribution in [-0.2, 0) is 9.53 Å². The second-order valence-electron chi connectivity index (χ2n) is 5.75. The molecule has 0 saturated carbocycles. The van der Waals surface area contributed by atoms with E-state index in [-0.39, 0.29) is 11.9 Å². The minimum atomic E-state index is 0.248. The molecule has 0 aromatic rings. The first-order chi connectivity index (χ1) is 9.18. The highest BCUT2D eigenvalue weighted by Gasteiger charge is 2.28. The number of rotatable bonds is 3. The summed E-state index contributed by atoms with van der Waals surface area (Å²) in [5, 5.41) is 3.33. The van der Waals surface area contributed by atoms with Gasteiger partial charge in [0.25, 0.3) is 0 Å². The summed E-state index contributed by atoms with van der Waals surface area (Å²) in [4.78, 5) is 16.8. The van der Waals surface area contributed by atoms with Crippen molar-refractivity contribution in [2.24, 2.45) is 0 Å². The molecule has 1 atom stereocenters. The number of nitrogens with zero attached hydrogens (tertiary/aromatic N) is 2. The molecule has 19 heavy (non-hydrogen) atoms. The molecule has 2 aliphatic rings. The first kappa shape index (κ1) is 14.8. The molecule has 0 radical (unpaired) electrons. The van der Waals surface area contributed by atoms with Gasteiger partial charge in [-0.3, -0.25) is 9.69 Å². The van der Waals surface area contributed by atoms with Gasteiger partial charge >= 0.3 is 0 Å². The highest BCUT2D eigenvalue weighted by Crippen LogP contribution is 2.15. The van der Waals surface area contributed by atoms with Crippen LogP contribution < -0.4 is 5.32 Å². The zero-order valence-electron chi connectivity index (χ0n) is 12.2. The van der Waals surface area contributed by atoms with Crippen LogP contribution in [0.15, 0.2) is 0 Å². The molecule has 0 aliphatic carbocycles. The molecule has 2 saturated heterocycles. The number of nitrogens with one attached hydrogen (secondary N) is 1. The summed E-state index contributed by atoms with van der Waals surface area (Å²) in [6.07, 6.45) is 1.65. The molecule has 2 aliphatic heterocycles. The van der Waals surface area contributed by atoms with Crippen LogP contribution in [0.1, 0.15) is 26.7 Å². The molecule has 5 nitrogen and oxygen atoms in total. The third kappa shape index (κ3) is 4.16. The Morgan fingerprint density at radius 3 is 2.95 bits per heavy atom. The van der Waals surface area contributed by atoms with Crippen molar-refractivity contribution < 1.29 is 9.53 Å². The summed E-state index contributed by atoms with van der Waals surface area (Å²) >= 11 is 0. The maximum absolute atomic E-state index is 12.4. The van der Waals surface area contributed by atoms with Crippen molar-refractivity contribution in [3.63, 3.8) is 0 Å². The van der Waals surface area contributed by atoms with Crippen LogP contribution in [0, 0.1) is 0 Å². The quantitative estimate of drug-likeness (QED) is 0.801. The number of ether oxygens (including phenoxy) is 1. The van der Waals surface area contributed by atoms with Crippen molar-refractivity contribution in [1.82, 2.24) is 15.1 Å². The first-order valence-corrected chi connectivity index (χ1v) is 7.50. The Bertz CT molecular complexity index is 288. The van der Waals surface area contributed by atoms with Gasteiger partial charge in [0.05, 0.1) is 13.2 Å². The number of morpholine rings is 1. The standard InChI is InChI=1S/C14H27N3O2/c1-12(2)17-8-9-19-11-13(17)10-14(18)16-6-3-4-15-5-7-16/h12-13,15H,3-11H2,1-2H3. The van der Waals surface area contributed by atoms with E-state index >= 15 is 0 Å². The Kier molecular flexibility index (Phi) is 5.60. The fourth-order valence-electron chi connectivity index (χ4n) is 2.95. The summed E-state index contributed by atoms with van der Waals surface area (Å²) in [7, 11) is 0. The minimum Gasteiger partial charge on any atom is -0.378 e. The summed E-state index contributed by atoms with van der Waals surface area (Å²) in [6, 6.07) is 0.727. The number of hydrogen-bond donors (Lipinski definition) is 1. The van der Waals surface area contributed by atoms with Crippen LogP contribution in [0.4, 0.5) is 0 Å². The molecule has 0 bridgehead atoms. The summed E-state index contributed by atoms with van der Waals surface area (Å²) < 4.78 is 5.55. The van der Waals surface area contributed by atoms with Crippen LogP contribution in [0.3, 0.4) is 0 Å². The third-order valence-electron chi connectivity index (χ3n) is 4.04. The molecule has 2 heterocycles. The second-order valence-corrected chi connectivity index (χ2v) is 5.75. The lowest BCUT2D eigenvalue weighted by atomic mass is 10.1. The first-order valence-electron chi connectivity index (χ1n) is 7.50. The monoisotopic (exact) mass is 269 g/mol. The zero-order chi connectivity index (χ0) is 13.7. The van der Waals surface area contributed by atoms with Gasteiger partial charge in [-0.2, -0.15) is 0 Å². The number of carbonyl (C=O) groups excluding carboxylic acids is 1. The van der Waals surface area contributed by atoms with Gasteiger partial charge in [-0.05, 0) is 26.8 Å². The maximum atomic E-state index is 12.4. The maximum Gasteiger partial charge on any atom is 0.224 e. The molecule has 0 spiro atoms. The Hall–Kier alpha value is -0.650. The van der Waals surface area contributed by atoms with E-state index in [2.05, 4.69) is 24.1 Å². The Labute approximate surface area is 116 Å². The van der Waals surface area contributed by atoms with E-state index in [4.69, 9.17) is 4.74 Å². The number of hydrogen-bond acceptors (Lipinski definition) is 4. The van der Waals surface area contributed by atoms with Crippen LogP contribution in [0.5, 0.6) is 0 Å². The van der Waals surface area contributed by atoms with E-state index in [1.807, 2.05) is 4.90 Å². The average Bonchev–Trinajstić information content (AvgIpc) is 2.68. The van der Waals surface area contributed by atoms with Gasteiger partial charge in [0.2, 0.25) is 5.91 Å². The molecule has 110 valence electrons. The van der Waals surface area contributed by atoms with Crippen molar-refractivity contribution in [1.29, 1.82) is 0 Å². The molecule has 0 aromatic carbocycles. The lowest BCUT2D eigenvalue weighted by Crippen LogP contribution is -2.51. The smallest absolute Gasteiger partial charge is 0.224 e. The van der Waals surface area contributed by atoms with Gasteiger partial charge in [0, 0.05) is 44.7 Å². The van der Waals surface area contributed by atoms with Gasteiger partial charge in [-0.15, -0.1) is 0 Å². The summed E-state index contributed by atoms with van der Waals surface area (Å²) in [5.41, 5.74) is 0. The number of carbonyl (C=O) groups is 1. The molecular weight excluding hydrogens is 242 g/mol. The summed E-state index contributed by atoms with van der Waals surface area (Å²) in [5.74, 6) is 0.282. The van der Waals surface area contributed by atoms with E-state index in [0.29, 0.717) is 19.1 Å². The van der Waals surface area contributed by atoms with E-state index in [1.54, 1.807) is 0 Å². The average molecular weight is 269 g/mol. The zero-order valence-corrected chi connectivity index (χ0v) is 12.2. The fraction of sp³-hybridized carbons (Fsp3) is 0.929. The second kappa shape index (κ2) is 7.22. The fourth-order valence-corrected chi connectivity index (χ4v) is 2.95. The lowest BCUT2D eigenvalue weighted by molar-refractivity contribution is -0.134. The van der Waals surface area contributed by atoms with Gasteiger partial charge in [0.1, 0.15) is 0 Å². The molecule has 5 heteroatoms. The minimum absolute atomic E-state index is 0.248. The molecule has 1 amide bonds. The van der Waals surface area contributed by atoms with Crippen molar-refractivity contribution in [3.8, 4) is 0 Å². The highest BCUT2D eigenvalue weighted by atomic mass is 16.5. The molecular formula is C14H27N3O2. The SMILES string of the molecule is CC(C)N1CCOCC1CC(=O)N1CCCNCC1. The molecule has 2 fully saturated rings. The van der Waals surface area contributed by atoms with E-state index in [0.717, 1.165) is 45.8 Å². The molecule has 0 aromatic heterocycles. The van der Waals surface area contributed by atoms with Crippen LogP contribution in [0.2, 0.25) is 0 Å². The molecule has 1 unspecified atom stereocenters. The number of amides is 1. The molecule has 1 N–H and O–H groups in total. The van der Waals surface area contributed by atoms with Crippen molar-refractivity contribution >= 4 is 5.91 Å². The van der Waals surface area contributed by atoms with E-state index in [1.165, 1.54) is 0 Å². The topological polar surface area (TPSA) is 44.8 Å². The van der Waals surface area contributed by atoms with Crippen molar-refractivity contribution in [3.05, 3.63) is 0 Å². The Morgan fingerprint density at radius 2 is 2.16 bits per heavy atom. The Morgan fingerprint density at radius 1 is 1.32 bits per heavy atom.